The van der Waals surface area contributed by atoms with Crippen molar-refractivity contribution in [3.63, 3.8) is 0 Å². The van der Waals surface area contributed by atoms with Gasteiger partial charge in [-0.15, -0.1) is 0 Å². The number of hydrogen-bond donors (Lipinski definition) is 2. The van der Waals surface area contributed by atoms with E-state index < -0.39 is 11.4 Å². The number of nitrogens with two attached hydrogens (primary N) is 1. The normalized spacial score (nSPS) is 19.6. The van der Waals surface area contributed by atoms with Crippen molar-refractivity contribution >= 4 is 40.9 Å². The molecular weight excluding hydrogens is 399 g/mol. The van der Waals surface area contributed by atoms with Crippen LogP contribution in [0.4, 0.5) is 24.7 Å². The molecule has 2 aromatic rings. The van der Waals surface area contributed by atoms with Gasteiger partial charge in [-0.05, 0) is 36.0 Å². The van der Waals surface area contributed by atoms with E-state index in [9.17, 15) is 23.2 Å². The first-order valence-electron chi connectivity index (χ1n) is 7.76. The summed E-state index contributed by atoms with van der Waals surface area (Å²) in [7, 11) is 0. The number of primary amides is 1. The predicted molar refractivity (Wildman–Crippen MR) is 97.8 cm³/mol. The van der Waals surface area contributed by atoms with E-state index in [1.807, 2.05) is 0 Å². The summed E-state index contributed by atoms with van der Waals surface area (Å²) in [6.45, 7) is 0. The minimum Gasteiger partial charge on any atom is -0.365 e. The van der Waals surface area contributed by atoms with E-state index in [0.29, 0.717) is 17.2 Å². The highest BCUT2D eigenvalue weighted by Crippen LogP contribution is 2.37. The Morgan fingerprint density at radius 2 is 2.07 bits per heavy atom. The molecule has 0 spiro atoms. The van der Waals surface area contributed by atoms with E-state index in [1.54, 1.807) is 16.4 Å². The van der Waals surface area contributed by atoms with Gasteiger partial charge in [-0.25, -0.2) is 0 Å². The zero-order valence-electron chi connectivity index (χ0n) is 13.7. The lowest BCUT2D eigenvalue weighted by Crippen LogP contribution is -2.17. The molecule has 11 heteroatoms. The maximum Gasteiger partial charge on any atom is 0.446 e. The van der Waals surface area contributed by atoms with E-state index in [4.69, 9.17) is 5.73 Å². The van der Waals surface area contributed by atoms with Crippen LogP contribution in [0.3, 0.4) is 0 Å². The van der Waals surface area contributed by atoms with Gasteiger partial charge in [-0.2, -0.15) is 35.3 Å². The Morgan fingerprint density at radius 1 is 1.37 bits per heavy atom. The minimum atomic E-state index is -4.36. The summed E-state index contributed by atoms with van der Waals surface area (Å²) in [5, 5.41) is 16.5. The molecule has 1 amide bonds. The van der Waals surface area contributed by atoms with Crippen molar-refractivity contribution in [3.8, 4) is 6.07 Å². The number of carbonyl (C=O) groups is 1. The molecule has 1 fully saturated rings. The second-order valence-corrected chi connectivity index (χ2v) is 7.99. The SMILES string of the molecule is N#CC1CSCC1n1cc(C(N)=O)c(Nc2ccc(SC(F)(F)F)cc2)n1. The highest BCUT2D eigenvalue weighted by Gasteiger charge is 2.31. The fourth-order valence-electron chi connectivity index (χ4n) is 2.64. The van der Waals surface area contributed by atoms with Crippen molar-refractivity contribution in [2.45, 2.75) is 16.4 Å². The number of benzene rings is 1. The first-order chi connectivity index (χ1) is 12.8. The topological polar surface area (TPSA) is 96.7 Å². The van der Waals surface area contributed by atoms with Gasteiger partial charge in [-0.1, -0.05) is 0 Å². The van der Waals surface area contributed by atoms with E-state index in [1.165, 1.54) is 30.5 Å². The number of amides is 1. The molecule has 6 nitrogen and oxygen atoms in total. The average Bonchev–Trinajstić information content (AvgIpc) is 3.21. The van der Waals surface area contributed by atoms with Crippen LogP contribution in [-0.2, 0) is 0 Å². The molecule has 3 rings (SSSR count). The Balaban J connectivity index is 1.82. The maximum atomic E-state index is 12.4. The molecule has 0 radical (unpaired) electrons. The Bertz CT molecular complexity index is 876. The van der Waals surface area contributed by atoms with Crippen LogP contribution in [0, 0.1) is 17.2 Å². The molecule has 1 aliphatic heterocycles. The molecule has 142 valence electrons. The molecule has 2 unspecified atom stereocenters. The van der Waals surface area contributed by atoms with Crippen LogP contribution in [0.25, 0.3) is 0 Å². The summed E-state index contributed by atoms with van der Waals surface area (Å²) in [4.78, 5) is 11.8. The predicted octanol–water partition coefficient (Wildman–Crippen LogP) is 3.77. The summed E-state index contributed by atoms with van der Waals surface area (Å²) < 4.78 is 38.8. The van der Waals surface area contributed by atoms with Gasteiger partial charge in [0.25, 0.3) is 5.91 Å². The van der Waals surface area contributed by atoms with Crippen LogP contribution in [0.1, 0.15) is 16.4 Å². The molecule has 2 heterocycles. The molecule has 1 saturated heterocycles. The number of alkyl halides is 3. The van der Waals surface area contributed by atoms with Crippen LogP contribution in [-0.4, -0.2) is 32.7 Å². The fraction of sp³-hybridized carbons (Fsp3) is 0.312. The van der Waals surface area contributed by atoms with Gasteiger partial charge in [0.05, 0.1) is 18.0 Å². The number of halogens is 3. The molecule has 0 bridgehead atoms. The molecule has 0 saturated carbocycles. The summed E-state index contributed by atoms with van der Waals surface area (Å²) in [6, 6.07) is 7.62. The van der Waals surface area contributed by atoms with E-state index in [0.717, 1.165) is 0 Å². The number of hydrogen-bond acceptors (Lipinski definition) is 6. The molecule has 1 aromatic carbocycles. The Hall–Kier alpha value is -2.32. The van der Waals surface area contributed by atoms with Crippen molar-refractivity contribution < 1.29 is 18.0 Å². The second kappa shape index (κ2) is 7.74. The molecular formula is C16H14F3N5OS2. The van der Waals surface area contributed by atoms with Crippen molar-refractivity contribution in [3.05, 3.63) is 36.0 Å². The van der Waals surface area contributed by atoms with Crippen LogP contribution < -0.4 is 11.1 Å². The first kappa shape index (κ1) is 19.4. The van der Waals surface area contributed by atoms with Crippen LogP contribution in [0.5, 0.6) is 0 Å². The van der Waals surface area contributed by atoms with Gasteiger partial charge < -0.3 is 11.1 Å². The third-order valence-corrected chi connectivity index (χ3v) is 5.82. The number of thioether (sulfide) groups is 2. The quantitative estimate of drug-likeness (QED) is 0.725. The standard InChI is InChI=1S/C16H14F3N5OS2/c17-16(18,19)27-11-3-1-10(2-4-11)22-15-12(14(21)25)6-24(23-15)13-8-26-7-9(13)5-20/h1-4,6,9,13H,7-8H2,(H2,21,25)(H,22,23). The van der Waals surface area contributed by atoms with Gasteiger partial charge in [0.15, 0.2) is 5.82 Å². The third-order valence-electron chi connectivity index (χ3n) is 3.90. The van der Waals surface area contributed by atoms with Crippen molar-refractivity contribution in [2.75, 3.05) is 16.8 Å². The van der Waals surface area contributed by atoms with Crippen molar-refractivity contribution in [1.82, 2.24) is 9.78 Å². The van der Waals surface area contributed by atoms with Crippen LogP contribution in [0.2, 0.25) is 0 Å². The molecule has 27 heavy (non-hydrogen) atoms. The van der Waals surface area contributed by atoms with Crippen LogP contribution in [0.15, 0.2) is 35.4 Å². The van der Waals surface area contributed by atoms with E-state index in [2.05, 4.69) is 16.5 Å². The number of nitrogens with one attached hydrogen (secondary N) is 1. The number of nitrogens with zero attached hydrogens (tertiary/aromatic N) is 3. The monoisotopic (exact) mass is 413 g/mol. The zero-order chi connectivity index (χ0) is 19.6. The van der Waals surface area contributed by atoms with Gasteiger partial charge in [0.1, 0.15) is 5.56 Å². The Morgan fingerprint density at radius 3 is 2.67 bits per heavy atom. The molecule has 1 aromatic heterocycles. The molecule has 0 aliphatic carbocycles. The van der Waals surface area contributed by atoms with E-state index in [-0.39, 0.29) is 40.0 Å². The zero-order valence-corrected chi connectivity index (χ0v) is 15.4. The Labute approximate surface area is 161 Å². The number of nitriles is 1. The van der Waals surface area contributed by atoms with Crippen molar-refractivity contribution in [2.24, 2.45) is 11.7 Å². The smallest absolute Gasteiger partial charge is 0.365 e. The molecule has 2 atom stereocenters. The number of anilines is 2. The average molecular weight is 413 g/mol. The third kappa shape index (κ3) is 4.70. The van der Waals surface area contributed by atoms with Gasteiger partial charge in [0.2, 0.25) is 0 Å². The number of rotatable bonds is 5. The maximum absolute atomic E-state index is 12.4. The van der Waals surface area contributed by atoms with Gasteiger partial charge in [-0.3, -0.25) is 9.48 Å². The fourth-order valence-corrected chi connectivity index (χ4v) is 4.49. The summed E-state index contributed by atoms with van der Waals surface area (Å²) in [5.74, 6) is 0.677. The lowest BCUT2D eigenvalue weighted by atomic mass is 10.1. The molecule has 1 aliphatic rings. The summed E-state index contributed by atoms with van der Waals surface area (Å²) in [6.07, 6.45) is 1.50. The van der Waals surface area contributed by atoms with Crippen molar-refractivity contribution in [1.29, 1.82) is 5.26 Å². The second-order valence-electron chi connectivity index (χ2n) is 5.77. The highest BCUT2D eigenvalue weighted by molar-refractivity contribution is 8.00. The van der Waals surface area contributed by atoms with Gasteiger partial charge >= 0.3 is 5.51 Å². The number of aromatic nitrogens is 2. The minimum absolute atomic E-state index is 0.0496. The Kier molecular flexibility index (Phi) is 5.57. The molecule has 3 N–H and O–H groups in total. The lowest BCUT2D eigenvalue weighted by Gasteiger charge is -2.12. The largest absolute Gasteiger partial charge is 0.446 e. The van der Waals surface area contributed by atoms with Crippen LogP contribution >= 0.6 is 23.5 Å². The van der Waals surface area contributed by atoms with Gasteiger partial charge in [0, 0.05) is 28.3 Å². The number of carbonyl (C=O) groups excluding carboxylic acids is 1. The first-order valence-corrected chi connectivity index (χ1v) is 9.73. The lowest BCUT2D eigenvalue weighted by molar-refractivity contribution is -0.0328. The van der Waals surface area contributed by atoms with E-state index >= 15 is 0 Å². The highest BCUT2D eigenvalue weighted by atomic mass is 32.2. The summed E-state index contributed by atoms with van der Waals surface area (Å²) >= 11 is 1.42. The summed E-state index contributed by atoms with van der Waals surface area (Å²) in [5.41, 5.74) is 1.67.